The molecule has 0 saturated carbocycles. The minimum Gasteiger partial charge on any atom is -0.470 e. The first kappa shape index (κ1) is 18.6. The van der Waals surface area contributed by atoms with Crippen LogP contribution in [0.4, 0.5) is 0 Å². The molecule has 0 spiro atoms. The lowest BCUT2D eigenvalue weighted by atomic mass is 10.1. The fraction of sp³-hybridized carbons (Fsp3) is 0.182. The predicted molar refractivity (Wildman–Crippen MR) is 109 cm³/mol. The lowest BCUT2D eigenvalue weighted by molar-refractivity contribution is 0.0953. The van der Waals surface area contributed by atoms with Crippen molar-refractivity contribution in [3.8, 4) is 5.88 Å². The summed E-state index contributed by atoms with van der Waals surface area (Å²) in [6, 6.07) is 19.1. The Balaban J connectivity index is 1.31. The molecule has 0 unspecified atom stereocenters. The van der Waals surface area contributed by atoms with Gasteiger partial charge in [-0.15, -0.1) is 10.2 Å². The van der Waals surface area contributed by atoms with Gasteiger partial charge in [0.15, 0.2) is 5.65 Å². The summed E-state index contributed by atoms with van der Waals surface area (Å²) in [6.07, 6.45) is 3.89. The molecule has 3 heterocycles. The van der Waals surface area contributed by atoms with Crippen LogP contribution in [0, 0.1) is 0 Å². The summed E-state index contributed by atoms with van der Waals surface area (Å²) in [5.74, 6) is 1.10. The van der Waals surface area contributed by atoms with Gasteiger partial charge in [0.25, 0.3) is 5.91 Å². The number of benzene rings is 1. The minimum atomic E-state index is -0.186. The van der Waals surface area contributed by atoms with Gasteiger partial charge in [-0.05, 0) is 30.7 Å². The van der Waals surface area contributed by atoms with Crippen molar-refractivity contribution in [1.82, 2.24) is 24.9 Å². The molecule has 0 bridgehead atoms. The number of fused-ring (bicyclic) bond motifs is 1. The Morgan fingerprint density at radius 2 is 1.90 bits per heavy atom. The molecule has 7 nitrogen and oxygen atoms in total. The van der Waals surface area contributed by atoms with Crippen LogP contribution in [0.25, 0.3) is 5.65 Å². The van der Waals surface area contributed by atoms with Crippen molar-refractivity contribution in [1.29, 1.82) is 0 Å². The maximum Gasteiger partial charge on any atom is 0.252 e. The Bertz CT molecular complexity index is 1090. The van der Waals surface area contributed by atoms with E-state index in [4.69, 9.17) is 4.74 Å². The van der Waals surface area contributed by atoms with Crippen LogP contribution < -0.4 is 10.1 Å². The van der Waals surface area contributed by atoms with Crippen LogP contribution in [0.15, 0.2) is 73.1 Å². The molecule has 0 fully saturated rings. The minimum absolute atomic E-state index is 0.124. The Morgan fingerprint density at radius 3 is 2.69 bits per heavy atom. The van der Waals surface area contributed by atoms with Gasteiger partial charge in [-0.3, -0.25) is 9.20 Å². The average molecular weight is 387 g/mol. The number of hydrogen-bond donors (Lipinski definition) is 1. The number of rotatable bonds is 7. The SMILES string of the molecule is C[C@H](Oc1ccc(C(=O)NCCc2nnc3ccccn23)cn1)c1ccccc1. The van der Waals surface area contributed by atoms with E-state index in [2.05, 4.69) is 20.5 Å². The Labute approximate surface area is 168 Å². The van der Waals surface area contributed by atoms with Crippen LogP contribution in [-0.2, 0) is 6.42 Å². The fourth-order valence-corrected chi connectivity index (χ4v) is 3.01. The number of hydrogen-bond acceptors (Lipinski definition) is 5. The van der Waals surface area contributed by atoms with Gasteiger partial charge in [0.05, 0.1) is 5.56 Å². The molecule has 1 N–H and O–H groups in total. The molecule has 0 aliphatic carbocycles. The number of ether oxygens (including phenoxy) is 1. The highest BCUT2D eigenvalue weighted by Crippen LogP contribution is 2.19. The van der Waals surface area contributed by atoms with Gasteiger partial charge in [-0.25, -0.2) is 4.98 Å². The highest BCUT2D eigenvalue weighted by atomic mass is 16.5. The number of amides is 1. The third-order valence-electron chi connectivity index (χ3n) is 4.58. The topological polar surface area (TPSA) is 81.4 Å². The van der Waals surface area contributed by atoms with E-state index in [0.29, 0.717) is 24.4 Å². The largest absolute Gasteiger partial charge is 0.470 e. The van der Waals surface area contributed by atoms with Crippen LogP contribution in [-0.4, -0.2) is 32.0 Å². The van der Waals surface area contributed by atoms with Crippen LogP contribution in [0.1, 0.15) is 34.8 Å². The molecule has 146 valence electrons. The third-order valence-corrected chi connectivity index (χ3v) is 4.58. The van der Waals surface area contributed by atoms with Crippen LogP contribution >= 0.6 is 0 Å². The molecule has 1 atom stereocenters. The number of aromatic nitrogens is 4. The van der Waals surface area contributed by atoms with E-state index in [1.807, 2.05) is 66.1 Å². The van der Waals surface area contributed by atoms with Crippen molar-refractivity contribution in [3.63, 3.8) is 0 Å². The monoisotopic (exact) mass is 387 g/mol. The van der Waals surface area contributed by atoms with E-state index in [1.54, 1.807) is 12.1 Å². The highest BCUT2D eigenvalue weighted by Gasteiger charge is 2.11. The van der Waals surface area contributed by atoms with Crippen molar-refractivity contribution in [2.75, 3.05) is 6.54 Å². The summed E-state index contributed by atoms with van der Waals surface area (Å²) >= 11 is 0. The van der Waals surface area contributed by atoms with Crippen molar-refractivity contribution in [2.45, 2.75) is 19.4 Å². The van der Waals surface area contributed by atoms with E-state index in [1.165, 1.54) is 6.20 Å². The molecular weight excluding hydrogens is 366 g/mol. The number of carbonyl (C=O) groups excluding carboxylic acids is 1. The second-order valence-corrected chi connectivity index (χ2v) is 6.61. The summed E-state index contributed by atoms with van der Waals surface area (Å²) in [5, 5.41) is 11.2. The van der Waals surface area contributed by atoms with Crippen LogP contribution in [0.2, 0.25) is 0 Å². The molecule has 1 aromatic carbocycles. The number of nitrogens with zero attached hydrogens (tertiary/aromatic N) is 4. The zero-order chi connectivity index (χ0) is 20.1. The molecule has 0 saturated heterocycles. The molecule has 7 heteroatoms. The summed E-state index contributed by atoms with van der Waals surface area (Å²) in [4.78, 5) is 16.6. The van der Waals surface area contributed by atoms with Gasteiger partial charge in [-0.1, -0.05) is 36.4 Å². The summed E-state index contributed by atoms with van der Waals surface area (Å²) < 4.78 is 7.76. The van der Waals surface area contributed by atoms with Gasteiger partial charge in [0, 0.05) is 31.4 Å². The van der Waals surface area contributed by atoms with Crippen molar-refractivity contribution in [2.24, 2.45) is 0 Å². The van der Waals surface area contributed by atoms with Crippen molar-refractivity contribution >= 4 is 11.6 Å². The molecule has 1 amide bonds. The highest BCUT2D eigenvalue weighted by molar-refractivity contribution is 5.93. The predicted octanol–water partition coefficient (Wildman–Crippen LogP) is 3.24. The number of carbonyl (C=O) groups is 1. The summed E-state index contributed by atoms with van der Waals surface area (Å²) in [6.45, 7) is 2.42. The zero-order valence-electron chi connectivity index (χ0n) is 16.0. The van der Waals surface area contributed by atoms with Crippen LogP contribution in [0.5, 0.6) is 5.88 Å². The van der Waals surface area contributed by atoms with E-state index >= 15 is 0 Å². The maximum atomic E-state index is 12.4. The van der Waals surface area contributed by atoms with E-state index in [-0.39, 0.29) is 12.0 Å². The molecule has 4 rings (SSSR count). The lowest BCUT2D eigenvalue weighted by Crippen LogP contribution is -2.26. The molecular formula is C22H21N5O2. The van der Waals surface area contributed by atoms with Crippen molar-refractivity contribution < 1.29 is 9.53 Å². The van der Waals surface area contributed by atoms with Crippen LogP contribution in [0.3, 0.4) is 0 Å². The standard InChI is InChI=1S/C22H21N5O2/c1-16(17-7-3-2-4-8-17)29-21-11-10-18(15-24-21)22(28)23-13-12-20-26-25-19-9-5-6-14-27(19)20/h2-11,14-16H,12-13H2,1H3,(H,23,28)/t16-/m0/s1. The van der Waals surface area contributed by atoms with Crippen molar-refractivity contribution in [3.05, 3.63) is 90.0 Å². The molecule has 29 heavy (non-hydrogen) atoms. The quantitative estimate of drug-likeness (QED) is 0.526. The van der Waals surface area contributed by atoms with Gasteiger partial charge in [0.2, 0.25) is 5.88 Å². The molecule has 0 radical (unpaired) electrons. The van der Waals surface area contributed by atoms with Gasteiger partial charge in [-0.2, -0.15) is 0 Å². The maximum absolute atomic E-state index is 12.4. The first-order valence-corrected chi connectivity index (χ1v) is 9.45. The smallest absolute Gasteiger partial charge is 0.252 e. The van der Waals surface area contributed by atoms with E-state index < -0.39 is 0 Å². The second-order valence-electron chi connectivity index (χ2n) is 6.61. The number of pyridine rings is 2. The lowest BCUT2D eigenvalue weighted by Gasteiger charge is -2.14. The van der Waals surface area contributed by atoms with Gasteiger partial charge >= 0.3 is 0 Å². The summed E-state index contributed by atoms with van der Waals surface area (Å²) in [5.41, 5.74) is 2.34. The summed E-state index contributed by atoms with van der Waals surface area (Å²) in [7, 11) is 0. The molecule has 0 aliphatic heterocycles. The Hall–Kier alpha value is -3.74. The second kappa shape index (κ2) is 8.52. The van der Waals surface area contributed by atoms with E-state index in [9.17, 15) is 4.79 Å². The Morgan fingerprint density at radius 1 is 1.07 bits per heavy atom. The first-order valence-electron chi connectivity index (χ1n) is 9.45. The molecule has 3 aromatic heterocycles. The molecule has 0 aliphatic rings. The van der Waals surface area contributed by atoms with Gasteiger partial charge in [0.1, 0.15) is 11.9 Å². The van der Waals surface area contributed by atoms with Gasteiger partial charge < -0.3 is 10.1 Å². The number of nitrogens with one attached hydrogen (secondary N) is 1. The normalized spacial score (nSPS) is 11.9. The third kappa shape index (κ3) is 4.40. The average Bonchev–Trinajstić information content (AvgIpc) is 3.18. The first-order chi connectivity index (χ1) is 14.2. The fourth-order valence-electron chi connectivity index (χ4n) is 3.01. The van der Waals surface area contributed by atoms with E-state index in [0.717, 1.165) is 17.0 Å². The zero-order valence-corrected chi connectivity index (χ0v) is 16.0. The molecule has 4 aromatic rings. The Kier molecular flexibility index (Phi) is 5.47.